The number of fused-ring (bicyclic) bond motifs is 2. The molecule has 1 heterocycles. The number of carboxylic acids is 2. The molecule has 5 rings (SSSR count). The Kier molecular flexibility index (Phi) is 7.39. The van der Waals surface area contributed by atoms with Crippen LogP contribution in [0.15, 0.2) is 88.2 Å². The van der Waals surface area contributed by atoms with Gasteiger partial charge in [0.2, 0.25) is 0 Å². The smallest absolute Gasteiger partial charge is 0.335 e. The van der Waals surface area contributed by atoms with Crippen LogP contribution < -0.4 is 4.90 Å². The van der Waals surface area contributed by atoms with Crippen molar-refractivity contribution in [2.45, 2.75) is 65.2 Å². The molecular weight excluding hydrogens is 546 g/mol. The van der Waals surface area contributed by atoms with E-state index in [1.165, 1.54) is 0 Å². The van der Waals surface area contributed by atoms with Gasteiger partial charge in [0, 0.05) is 34.3 Å². The summed E-state index contributed by atoms with van der Waals surface area (Å²) in [5.41, 5.74) is 9.61. The fraction of sp³-hybridized carbons (Fsp3) is 0.333. The molecule has 0 fully saturated rings. The second kappa shape index (κ2) is 10.5. The van der Waals surface area contributed by atoms with Gasteiger partial charge in [0.25, 0.3) is 0 Å². The van der Waals surface area contributed by atoms with Crippen LogP contribution in [-0.4, -0.2) is 29.2 Å². The van der Waals surface area contributed by atoms with E-state index in [1.54, 1.807) is 24.3 Å². The molecule has 0 bridgehead atoms. The number of rotatable bonds is 5. The SMILES string of the molecule is CC1=C(/C=C/C2=C(Cl)C(=C/C=C3/N(C)c4ccc(C(=O)O)cc4C3(C)C)/CC(C)C2)C(C)(C)c2cc(C(=O)O)ccc21. The lowest BCUT2D eigenvalue weighted by Crippen LogP contribution is -2.22. The minimum Gasteiger partial charge on any atom is -0.478 e. The quantitative estimate of drug-likeness (QED) is 0.367. The average Bonchev–Trinajstić information content (AvgIpc) is 3.24. The minimum absolute atomic E-state index is 0.291. The summed E-state index contributed by atoms with van der Waals surface area (Å²) < 4.78 is 0. The Hall–Kier alpha value is -3.83. The standard InChI is InChI=1S/C36H38ClNO4/c1-20-16-22(9-13-27-21(2)26-12-8-24(33(39)40)18-28(26)35(27,3)4)32(37)23(17-20)11-15-31-36(5,6)29-19-25(34(41)42)10-14-30(29)38(31)7/h8-15,18-20H,16-17H2,1-7H3,(H,39,40)(H,41,42)/b13-9+,23-11+,31-15+. The third-order valence-corrected chi connectivity index (χ3v) is 9.78. The Balaban J connectivity index is 1.48. The predicted octanol–water partition coefficient (Wildman–Crippen LogP) is 8.86. The molecule has 0 radical (unpaired) electrons. The molecule has 218 valence electrons. The molecule has 0 saturated carbocycles. The molecule has 1 unspecified atom stereocenters. The molecular formula is C36H38ClNO4. The predicted molar refractivity (Wildman–Crippen MR) is 170 cm³/mol. The van der Waals surface area contributed by atoms with Gasteiger partial charge in [-0.3, -0.25) is 0 Å². The van der Waals surface area contributed by atoms with Gasteiger partial charge < -0.3 is 15.1 Å². The van der Waals surface area contributed by atoms with Crippen molar-refractivity contribution in [2.75, 3.05) is 11.9 Å². The van der Waals surface area contributed by atoms with E-state index in [0.29, 0.717) is 17.0 Å². The molecule has 0 spiro atoms. The summed E-state index contributed by atoms with van der Waals surface area (Å²) in [6, 6.07) is 10.7. The highest BCUT2D eigenvalue weighted by Crippen LogP contribution is 2.49. The zero-order chi connectivity index (χ0) is 30.7. The molecule has 1 aliphatic heterocycles. The van der Waals surface area contributed by atoms with Gasteiger partial charge in [-0.05, 0) is 101 Å². The summed E-state index contributed by atoms with van der Waals surface area (Å²) in [6.45, 7) is 12.9. The number of nitrogens with zero attached hydrogens (tertiary/aromatic N) is 1. The summed E-state index contributed by atoms with van der Waals surface area (Å²) in [4.78, 5) is 25.3. The number of benzene rings is 2. The summed E-state index contributed by atoms with van der Waals surface area (Å²) in [5.74, 6) is -1.42. The van der Waals surface area contributed by atoms with E-state index in [0.717, 1.165) is 68.2 Å². The Morgan fingerprint density at radius 2 is 1.52 bits per heavy atom. The van der Waals surface area contributed by atoms with E-state index in [-0.39, 0.29) is 10.8 Å². The largest absolute Gasteiger partial charge is 0.478 e. The first-order valence-electron chi connectivity index (χ1n) is 14.3. The topological polar surface area (TPSA) is 77.8 Å². The molecule has 2 aliphatic carbocycles. The van der Waals surface area contributed by atoms with Crippen molar-refractivity contribution in [3.05, 3.63) is 116 Å². The molecule has 6 heteroatoms. The van der Waals surface area contributed by atoms with E-state index < -0.39 is 11.9 Å². The van der Waals surface area contributed by atoms with Gasteiger partial charge in [-0.25, -0.2) is 9.59 Å². The molecule has 2 N–H and O–H groups in total. The van der Waals surface area contributed by atoms with Crippen molar-refractivity contribution < 1.29 is 19.8 Å². The van der Waals surface area contributed by atoms with Crippen LogP contribution in [-0.2, 0) is 10.8 Å². The fourth-order valence-electron chi connectivity index (χ4n) is 6.94. The number of carboxylic acid groups (broad SMARTS) is 2. The number of hydrogen-bond acceptors (Lipinski definition) is 3. The van der Waals surface area contributed by atoms with Crippen molar-refractivity contribution in [1.29, 1.82) is 0 Å². The Morgan fingerprint density at radius 3 is 2.17 bits per heavy atom. The number of likely N-dealkylation sites (N-methyl/N-ethyl adjacent to an activating group) is 1. The van der Waals surface area contributed by atoms with E-state index in [1.807, 2.05) is 19.2 Å². The van der Waals surface area contributed by atoms with Crippen LogP contribution in [0.25, 0.3) is 5.57 Å². The Labute approximate surface area is 253 Å². The lowest BCUT2D eigenvalue weighted by Gasteiger charge is -2.26. The zero-order valence-corrected chi connectivity index (χ0v) is 26.1. The van der Waals surface area contributed by atoms with Crippen LogP contribution in [0.4, 0.5) is 5.69 Å². The van der Waals surface area contributed by atoms with Crippen molar-refractivity contribution in [2.24, 2.45) is 5.92 Å². The monoisotopic (exact) mass is 583 g/mol. The normalized spacial score (nSPS) is 22.9. The highest BCUT2D eigenvalue weighted by Gasteiger charge is 2.39. The molecule has 42 heavy (non-hydrogen) atoms. The zero-order valence-electron chi connectivity index (χ0n) is 25.3. The maximum absolute atomic E-state index is 11.6. The van der Waals surface area contributed by atoms with Crippen LogP contribution in [0.1, 0.15) is 91.8 Å². The highest BCUT2D eigenvalue weighted by atomic mass is 35.5. The number of allylic oxidation sites excluding steroid dienone is 10. The van der Waals surface area contributed by atoms with Gasteiger partial charge in [0.05, 0.1) is 11.1 Å². The molecule has 5 nitrogen and oxygen atoms in total. The molecule has 0 aromatic heterocycles. The van der Waals surface area contributed by atoms with Crippen LogP contribution in [0.2, 0.25) is 0 Å². The Morgan fingerprint density at radius 1 is 0.905 bits per heavy atom. The lowest BCUT2D eigenvalue weighted by molar-refractivity contribution is 0.0686. The van der Waals surface area contributed by atoms with Gasteiger partial charge in [-0.15, -0.1) is 0 Å². The third-order valence-electron chi connectivity index (χ3n) is 9.30. The maximum Gasteiger partial charge on any atom is 0.335 e. The minimum atomic E-state index is -0.926. The number of hydrogen-bond donors (Lipinski definition) is 2. The molecule has 2 aromatic rings. The van der Waals surface area contributed by atoms with E-state index in [4.69, 9.17) is 11.6 Å². The summed E-state index contributed by atoms with van der Waals surface area (Å²) >= 11 is 7.06. The van der Waals surface area contributed by atoms with E-state index in [2.05, 4.69) is 70.7 Å². The molecule has 0 saturated heterocycles. The van der Waals surface area contributed by atoms with Crippen molar-refractivity contribution in [3.8, 4) is 0 Å². The first-order valence-corrected chi connectivity index (χ1v) is 14.7. The van der Waals surface area contributed by atoms with Gasteiger partial charge in [-0.1, -0.05) is 70.5 Å². The van der Waals surface area contributed by atoms with Crippen molar-refractivity contribution in [3.63, 3.8) is 0 Å². The fourth-order valence-corrected chi connectivity index (χ4v) is 7.22. The molecule has 0 amide bonds. The van der Waals surface area contributed by atoms with E-state index >= 15 is 0 Å². The van der Waals surface area contributed by atoms with Crippen molar-refractivity contribution in [1.82, 2.24) is 0 Å². The van der Waals surface area contributed by atoms with Gasteiger partial charge in [-0.2, -0.15) is 0 Å². The third kappa shape index (κ3) is 4.84. The first kappa shape index (κ1) is 29.7. The van der Waals surface area contributed by atoms with Crippen LogP contribution in [0, 0.1) is 5.92 Å². The number of aromatic carboxylic acids is 2. The second-order valence-corrected chi connectivity index (χ2v) is 13.3. The van der Waals surface area contributed by atoms with Crippen LogP contribution in [0.5, 0.6) is 0 Å². The highest BCUT2D eigenvalue weighted by molar-refractivity contribution is 6.32. The summed E-state index contributed by atoms with van der Waals surface area (Å²) in [5, 5.41) is 19.8. The summed E-state index contributed by atoms with van der Waals surface area (Å²) in [7, 11) is 2.02. The lowest BCUT2D eigenvalue weighted by atomic mass is 9.79. The molecule has 1 atom stereocenters. The number of anilines is 1. The van der Waals surface area contributed by atoms with E-state index in [9.17, 15) is 19.8 Å². The van der Waals surface area contributed by atoms with Gasteiger partial charge in [0.15, 0.2) is 0 Å². The van der Waals surface area contributed by atoms with Crippen LogP contribution >= 0.6 is 11.6 Å². The molecule has 2 aromatic carbocycles. The van der Waals surface area contributed by atoms with Crippen molar-refractivity contribution >= 4 is 34.8 Å². The van der Waals surface area contributed by atoms with Gasteiger partial charge in [0.1, 0.15) is 0 Å². The summed E-state index contributed by atoms with van der Waals surface area (Å²) in [6.07, 6.45) is 10.3. The number of carbonyl (C=O) groups is 2. The second-order valence-electron chi connectivity index (χ2n) is 12.9. The number of halogens is 1. The first-order chi connectivity index (χ1) is 19.6. The maximum atomic E-state index is 11.6. The molecule has 3 aliphatic rings. The van der Waals surface area contributed by atoms with Gasteiger partial charge >= 0.3 is 11.9 Å². The Bertz CT molecular complexity index is 1680. The average molecular weight is 584 g/mol. The van der Waals surface area contributed by atoms with Crippen LogP contribution in [0.3, 0.4) is 0 Å².